The summed E-state index contributed by atoms with van der Waals surface area (Å²) in [5.74, 6) is 0.252. The fraction of sp³-hybridized carbons (Fsp3) is 0.571. The second-order valence-corrected chi connectivity index (χ2v) is 4.75. The van der Waals surface area contributed by atoms with Crippen LogP contribution in [0.5, 0.6) is 0 Å². The van der Waals surface area contributed by atoms with E-state index in [0.717, 1.165) is 18.4 Å². The van der Waals surface area contributed by atoms with E-state index in [2.05, 4.69) is 13.8 Å². The molecule has 0 fully saturated rings. The van der Waals surface area contributed by atoms with E-state index < -0.39 is 6.10 Å². The lowest BCUT2D eigenvalue weighted by Crippen LogP contribution is -2.01. The van der Waals surface area contributed by atoms with Crippen molar-refractivity contribution in [3.05, 3.63) is 35.1 Å². The average molecular weight is 224 g/mol. The van der Waals surface area contributed by atoms with Crippen LogP contribution in [-0.2, 0) is 6.42 Å². The first kappa shape index (κ1) is 13.2. The summed E-state index contributed by atoms with van der Waals surface area (Å²) in [6.45, 7) is 6.14. The molecule has 1 N–H and O–H groups in total. The fourth-order valence-electron chi connectivity index (χ4n) is 1.82. The molecule has 0 aliphatic rings. The quantitative estimate of drug-likeness (QED) is 0.805. The highest BCUT2D eigenvalue weighted by molar-refractivity contribution is 5.26. The molecule has 1 nitrogen and oxygen atoms in total. The number of rotatable bonds is 5. The molecule has 1 atom stereocenters. The van der Waals surface area contributed by atoms with Crippen molar-refractivity contribution in [2.75, 3.05) is 0 Å². The van der Waals surface area contributed by atoms with Crippen LogP contribution < -0.4 is 0 Å². The van der Waals surface area contributed by atoms with Crippen molar-refractivity contribution in [1.82, 2.24) is 0 Å². The maximum atomic E-state index is 13.7. The number of hydrogen-bond donors (Lipinski definition) is 1. The molecule has 0 radical (unpaired) electrons. The topological polar surface area (TPSA) is 20.2 Å². The third kappa shape index (κ3) is 3.60. The van der Waals surface area contributed by atoms with E-state index in [4.69, 9.17) is 0 Å². The van der Waals surface area contributed by atoms with Gasteiger partial charge in [0.1, 0.15) is 5.82 Å². The molecule has 0 aliphatic heterocycles. The number of aliphatic hydroxyl groups is 1. The van der Waals surface area contributed by atoms with Crippen LogP contribution >= 0.6 is 0 Å². The maximum Gasteiger partial charge on any atom is 0.126 e. The predicted molar refractivity (Wildman–Crippen MR) is 64.8 cm³/mol. The van der Waals surface area contributed by atoms with Crippen LogP contribution in [0.1, 0.15) is 50.8 Å². The summed E-state index contributed by atoms with van der Waals surface area (Å²) in [4.78, 5) is 0. The monoisotopic (exact) mass is 224 g/mol. The Balaban J connectivity index is 2.82. The minimum absolute atomic E-state index is 0.193. The number of halogens is 1. The summed E-state index contributed by atoms with van der Waals surface area (Å²) in [7, 11) is 0. The second kappa shape index (κ2) is 6.00. The van der Waals surface area contributed by atoms with Gasteiger partial charge < -0.3 is 5.11 Å². The molecule has 0 bridgehead atoms. The highest BCUT2D eigenvalue weighted by Gasteiger charge is 2.10. The predicted octanol–water partition coefficient (Wildman–Crippen LogP) is 3.86. The Bertz CT molecular complexity index is 334. The summed E-state index contributed by atoms with van der Waals surface area (Å²) in [5.41, 5.74) is 1.43. The Morgan fingerprint density at radius 3 is 2.50 bits per heavy atom. The highest BCUT2D eigenvalue weighted by Crippen LogP contribution is 2.22. The Hall–Kier alpha value is -0.890. The minimum atomic E-state index is -0.535. The summed E-state index contributed by atoms with van der Waals surface area (Å²) >= 11 is 0. The summed E-state index contributed by atoms with van der Waals surface area (Å²) in [6.07, 6.45) is 1.79. The van der Waals surface area contributed by atoms with Gasteiger partial charge in [-0.3, -0.25) is 0 Å². The largest absolute Gasteiger partial charge is 0.388 e. The van der Waals surface area contributed by atoms with Crippen molar-refractivity contribution in [3.63, 3.8) is 0 Å². The van der Waals surface area contributed by atoms with E-state index in [0.29, 0.717) is 17.9 Å². The normalized spacial score (nSPS) is 13.1. The van der Waals surface area contributed by atoms with Crippen molar-refractivity contribution >= 4 is 0 Å². The van der Waals surface area contributed by atoms with Crippen LogP contribution in [-0.4, -0.2) is 5.11 Å². The molecule has 90 valence electrons. The lowest BCUT2D eigenvalue weighted by atomic mass is 9.98. The maximum absolute atomic E-state index is 13.7. The average Bonchev–Trinajstić information content (AvgIpc) is 2.20. The first-order valence-electron chi connectivity index (χ1n) is 6.01. The fourth-order valence-corrected chi connectivity index (χ4v) is 1.82. The van der Waals surface area contributed by atoms with Gasteiger partial charge in [-0.2, -0.15) is 0 Å². The molecule has 0 aromatic heterocycles. The third-order valence-corrected chi connectivity index (χ3v) is 2.65. The summed E-state index contributed by atoms with van der Waals surface area (Å²) in [5, 5.41) is 9.75. The van der Waals surface area contributed by atoms with Crippen molar-refractivity contribution in [2.24, 2.45) is 5.92 Å². The van der Waals surface area contributed by atoms with Crippen molar-refractivity contribution in [1.29, 1.82) is 0 Å². The van der Waals surface area contributed by atoms with Crippen LogP contribution in [0.15, 0.2) is 18.2 Å². The number of hydrogen-bond acceptors (Lipinski definition) is 1. The van der Waals surface area contributed by atoms with Gasteiger partial charge in [0.25, 0.3) is 0 Å². The van der Waals surface area contributed by atoms with Crippen LogP contribution in [0.4, 0.5) is 4.39 Å². The van der Waals surface area contributed by atoms with E-state index in [9.17, 15) is 9.50 Å². The molecule has 0 amide bonds. The lowest BCUT2D eigenvalue weighted by Gasteiger charge is -2.12. The Kier molecular flexibility index (Phi) is 4.94. The highest BCUT2D eigenvalue weighted by atomic mass is 19.1. The molecule has 1 rings (SSSR count). The molecular weight excluding hydrogens is 203 g/mol. The molecule has 2 heteroatoms. The number of aliphatic hydroxyl groups excluding tert-OH is 1. The van der Waals surface area contributed by atoms with Crippen LogP contribution in [0, 0.1) is 11.7 Å². The van der Waals surface area contributed by atoms with Gasteiger partial charge >= 0.3 is 0 Å². The summed E-state index contributed by atoms with van der Waals surface area (Å²) < 4.78 is 13.7. The van der Waals surface area contributed by atoms with Crippen molar-refractivity contribution < 1.29 is 9.50 Å². The SMILES string of the molecule is CCCC(O)c1ccc(CC(C)C)c(F)c1. The van der Waals surface area contributed by atoms with E-state index >= 15 is 0 Å². The molecule has 16 heavy (non-hydrogen) atoms. The van der Waals surface area contributed by atoms with Gasteiger partial charge in [-0.1, -0.05) is 39.3 Å². The molecular formula is C14H21FO. The molecule has 0 spiro atoms. The molecule has 0 saturated carbocycles. The van der Waals surface area contributed by atoms with Gasteiger partial charge in [0.2, 0.25) is 0 Å². The Morgan fingerprint density at radius 2 is 2.00 bits per heavy atom. The van der Waals surface area contributed by atoms with Gasteiger partial charge in [0.15, 0.2) is 0 Å². The van der Waals surface area contributed by atoms with Crippen molar-refractivity contribution in [3.8, 4) is 0 Å². The third-order valence-electron chi connectivity index (χ3n) is 2.65. The van der Waals surface area contributed by atoms with E-state index in [1.54, 1.807) is 6.07 Å². The number of benzene rings is 1. The first-order valence-corrected chi connectivity index (χ1v) is 6.01. The molecule has 1 aromatic rings. The van der Waals surface area contributed by atoms with Crippen molar-refractivity contribution in [2.45, 2.75) is 46.1 Å². The van der Waals surface area contributed by atoms with Crippen LogP contribution in [0.3, 0.4) is 0 Å². The van der Waals surface area contributed by atoms with Crippen LogP contribution in [0.25, 0.3) is 0 Å². The second-order valence-electron chi connectivity index (χ2n) is 4.75. The zero-order valence-corrected chi connectivity index (χ0v) is 10.3. The van der Waals surface area contributed by atoms with Gasteiger partial charge in [-0.25, -0.2) is 4.39 Å². The van der Waals surface area contributed by atoms with Gasteiger partial charge in [-0.15, -0.1) is 0 Å². The molecule has 1 aromatic carbocycles. The first-order chi connectivity index (χ1) is 7.54. The van der Waals surface area contributed by atoms with Gasteiger partial charge in [-0.05, 0) is 36.0 Å². The molecule has 0 heterocycles. The van der Waals surface area contributed by atoms with Gasteiger partial charge in [0, 0.05) is 0 Å². The summed E-state index contributed by atoms with van der Waals surface area (Å²) in [6, 6.07) is 5.10. The molecule has 1 unspecified atom stereocenters. The van der Waals surface area contributed by atoms with E-state index in [1.165, 1.54) is 6.07 Å². The van der Waals surface area contributed by atoms with Gasteiger partial charge in [0.05, 0.1) is 6.10 Å². The minimum Gasteiger partial charge on any atom is -0.388 e. The van der Waals surface area contributed by atoms with Crippen LogP contribution in [0.2, 0.25) is 0 Å². The van der Waals surface area contributed by atoms with E-state index in [1.807, 2.05) is 13.0 Å². The zero-order chi connectivity index (χ0) is 12.1. The molecule has 0 saturated heterocycles. The zero-order valence-electron chi connectivity index (χ0n) is 10.3. The molecule has 0 aliphatic carbocycles. The lowest BCUT2D eigenvalue weighted by molar-refractivity contribution is 0.166. The standard InChI is InChI=1S/C14H21FO/c1-4-5-14(16)12-7-6-11(8-10(2)3)13(15)9-12/h6-7,9-10,14,16H,4-5,8H2,1-3H3. The van der Waals surface area contributed by atoms with E-state index in [-0.39, 0.29) is 5.82 Å². The smallest absolute Gasteiger partial charge is 0.126 e. The Morgan fingerprint density at radius 1 is 1.31 bits per heavy atom. The Labute approximate surface area is 97.3 Å².